The fourth-order valence-corrected chi connectivity index (χ4v) is 1.57. The number of rotatable bonds is 2. The third kappa shape index (κ3) is 1.47. The molecule has 1 fully saturated rings. The topological polar surface area (TPSA) is 29.5 Å². The number of hydrogen-bond donors (Lipinski definition) is 1. The average molecular weight is 217 g/mol. The van der Waals surface area contributed by atoms with Crippen molar-refractivity contribution in [3.8, 4) is 5.75 Å². The van der Waals surface area contributed by atoms with Crippen molar-refractivity contribution in [1.29, 1.82) is 0 Å². The zero-order valence-corrected chi connectivity index (χ0v) is 8.44. The normalized spacial score (nSPS) is 18.0. The molecule has 1 aromatic carbocycles. The number of aliphatic hydroxyl groups is 1. The van der Waals surface area contributed by atoms with Crippen molar-refractivity contribution in [2.24, 2.45) is 0 Å². The fourth-order valence-electron chi connectivity index (χ4n) is 1.39. The fraction of sp³-hybridized carbons (Fsp3) is 0.400. The van der Waals surface area contributed by atoms with E-state index in [0.717, 1.165) is 0 Å². The van der Waals surface area contributed by atoms with Gasteiger partial charge in [0.1, 0.15) is 16.6 Å². The van der Waals surface area contributed by atoms with Crippen molar-refractivity contribution in [2.75, 3.05) is 7.11 Å². The Morgan fingerprint density at radius 1 is 1.50 bits per heavy atom. The van der Waals surface area contributed by atoms with Gasteiger partial charge in [-0.3, -0.25) is 0 Å². The molecule has 4 heteroatoms. The summed E-state index contributed by atoms with van der Waals surface area (Å²) in [6.07, 6.45) is 1.33. The van der Waals surface area contributed by atoms with Crippen LogP contribution in [0, 0.1) is 5.82 Å². The Morgan fingerprint density at radius 2 is 2.14 bits per heavy atom. The van der Waals surface area contributed by atoms with Crippen LogP contribution in [0.1, 0.15) is 18.4 Å². The number of methoxy groups -OCH3 is 1. The maximum absolute atomic E-state index is 13.3. The first-order valence-electron chi connectivity index (χ1n) is 4.33. The number of hydrogen-bond acceptors (Lipinski definition) is 2. The molecule has 0 spiro atoms. The van der Waals surface area contributed by atoms with Gasteiger partial charge in [0.25, 0.3) is 0 Å². The quantitative estimate of drug-likeness (QED) is 0.823. The molecule has 1 saturated carbocycles. The van der Waals surface area contributed by atoms with Gasteiger partial charge in [-0.05, 0) is 30.5 Å². The molecule has 0 saturated heterocycles. The Labute approximate surface area is 86.3 Å². The average Bonchev–Trinajstić information content (AvgIpc) is 2.89. The molecule has 2 rings (SSSR count). The van der Waals surface area contributed by atoms with Crippen LogP contribution < -0.4 is 4.74 Å². The second kappa shape index (κ2) is 3.11. The van der Waals surface area contributed by atoms with Crippen LogP contribution in [-0.4, -0.2) is 12.2 Å². The van der Waals surface area contributed by atoms with E-state index in [1.807, 2.05) is 0 Å². The standard InChI is InChI=1S/C10H10ClFO2/c1-14-8-5-6(10(13)2-3-10)4-7(12)9(8)11/h4-5,13H,2-3H2,1H3. The van der Waals surface area contributed by atoms with E-state index in [1.165, 1.54) is 13.2 Å². The van der Waals surface area contributed by atoms with Crippen LogP contribution in [-0.2, 0) is 5.60 Å². The minimum Gasteiger partial charge on any atom is -0.495 e. The predicted octanol–water partition coefficient (Wildman–Crippen LogP) is 2.47. The van der Waals surface area contributed by atoms with Gasteiger partial charge in [0.15, 0.2) is 0 Å². The van der Waals surface area contributed by atoms with Crippen molar-refractivity contribution in [3.05, 3.63) is 28.5 Å². The van der Waals surface area contributed by atoms with Gasteiger partial charge in [0.05, 0.1) is 12.7 Å². The summed E-state index contributed by atoms with van der Waals surface area (Å²) in [5.74, 6) is -0.289. The molecule has 0 aromatic heterocycles. The Bertz CT molecular complexity index is 375. The van der Waals surface area contributed by atoms with Gasteiger partial charge >= 0.3 is 0 Å². The first-order chi connectivity index (χ1) is 6.57. The molecule has 2 nitrogen and oxygen atoms in total. The smallest absolute Gasteiger partial charge is 0.145 e. The Hall–Kier alpha value is -0.800. The SMILES string of the molecule is COc1cc(C2(O)CC2)cc(F)c1Cl. The number of benzene rings is 1. The molecule has 0 radical (unpaired) electrons. The van der Waals surface area contributed by atoms with E-state index in [1.54, 1.807) is 6.07 Å². The molecule has 14 heavy (non-hydrogen) atoms. The van der Waals surface area contributed by atoms with Gasteiger partial charge in [-0.1, -0.05) is 11.6 Å². The van der Waals surface area contributed by atoms with Crippen molar-refractivity contribution < 1.29 is 14.2 Å². The summed E-state index contributed by atoms with van der Waals surface area (Å²) in [5.41, 5.74) is -0.324. The molecule has 0 bridgehead atoms. The second-order valence-corrected chi connectivity index (χ2v) is 3.88. The highest BCUT2D eigenvalue weighted by atomic mass is 35.5. The lowest BCUT2D eigenvalue weighted by Gasteiger charge is -2.11. The van der Waals surface area contributed by atoms with Crippen LogP contribution >= 0.6 is 11.6 Å². The van der Waals surface area contributed by atoms with Crippen LogP contribution in [0.2, 0.25) is 5.02 Å². The lowest BCUT2D eigenvalue weighted by Crippen LogP contribution is -2.05. The highest BCUT2D eigenvalue weighted by Crippen LogP contribution is 2.47. The zero-order chi connectivity index (χ0) is 10.3. The first-order valence-corrected chi connectivity index (χ1v) is 4.70. The molecular weight excluding hydrogens is 207 g/mol. The molecule has 0 heterocycles. The van der Waals surface area contributed by atoms with Gasteiger partial charge in [0.2, 0.25) is 0 Å². The van der Waals surface area contributed by atoms with Crippen molar-refractivity contribution >= 4 is 11.6 Å². The maximum Gasteiger partial charge on any atom is 0.145 e. The van der Waals surface area contributed by atoms with E-state index in [2.05, 4.69) is 0 Å². The molecule has 0 atom stereocenters. The van der Waals surface area contributed by atoms with E-state index in [9.17, 15) is 9.50 Å². The summed E-state index contributed by atoms with van der Waals surface area (Å²) >= 11 is 5.65. The molecular formula is C10H10ClFO2. The van der Waals surface area contributed by atoms with Crippen LogP contribution in [0.4, 0.5) is 4.39 Å². The van der Waals surface area contributed by atoms with Crippen molar-refractivity contribution in [1.82, 2.24) is 0 Å². The van der Waals surface area contributed by atoms with Crippen molar-refractivity contribution in [3.63, 3.8) is 0 Å². The molecule has 0 amide bonds. The third-order valence-corrected chi connectivity index (χ3v) is 2.84. The third-order valence-electron chi connectivity index (χ3n) is 2.48. The van der Waals surface area contributed by atoms with E-state index in [0.29, 0.717) is 18.4 Å². The van der Waals surface area contributed by atoms with Gasteiger partial charge in [-0.2, -0.15) is 0 Å². The lowest BCUT2D eigenvalue weighted by atomic mass is 10.1. The van der Waals surface area contributed by atoms with Crippen LogP contribution in [0.15, 0.2) is 12.1 Å². The van der Waals surface area contributed by atoms with Crippen LogP contribution in [0.25, 0.3) is 0 Å². The first kappa shape index (κ1) is 9.74. The number of halogens is 2. The molecule has 0 unspecified atom stereocenters. The molecule has 76 valence electrons. The molecule has 1 N–H and O–H groups in total. The summed E-state index contributed by atoms with van der Waals surface area (Å²) in [6, 6.07) is 2.84. The highest BCUT2D eigenvalue weighted by molar-refractivity contribution is 6.32. The molecule has 1 aliphatic rings. The van der Waals surface area contributed by atoms with Gasteiger partial charge in [-0.15, -0.1) is 0 Å². The van der Waals surface area contributed by atoms with Gasteiger partial charge < -0.3 is 9.84 Å². The van der Waals surface area contributed by atoms with Crippen LogP contribution in [0.3, 0.4) is 0 Å². The highest BCUT2D eigenvalue weighted by Gasteiger charge is 2.42. The molecule has 1 aromatic rings. The molecule has 1 aliphatic carbocycles. The summed E-state index contributed by atoms with van der Waals surface area (Å²) in [6.45, 7) is 0. The van der Waals surface area contributed by atoms with Crippen molar-refractivity contribution in [2.45, 2.75) is 18.4 Å². The van der Waals surface area contributed by atoms with E-state index >= 15 is 0 Å². The Balaban J connectivity index is 2.48. The van der Waals surface area contributed by atoms with Crippen LogP contribution in [0.5, 0.6) is 5.75 Å². The van der Waals surface area contributed by atoms with E-state index < -0.39 is 11.4 Å². The summed E-state index contributed by atoms with van der Waals surface area (Å²) in [7, 11) is 1.42. The minimum atomic E-state index is -0.862. The van der Waals surface area contributed by atoms with E-state index in [-0.39, 0.29) is 10.8 Å². The molecule has 0 aliphatic heterocycles. The largest absolute Gasteiger partial charge is 0.495 e. The summed E-state index contributed by atoms with van der Waals surface area (Å²) in [5, 5.41) is 9.73. The monoisotopic (exact) mass is 216 g/mol. The lowest BCUT2D eigenvalue weighted by molar-refractivity contribution is 0.150. The second-order valence-electron chi connectivity index (χ2n) is 3.51. The predicted molar refractivity (Wildman–Crippen MR) is 51.1 cm³/mol. The number of ether oxygens (including phenoxy) is 1. The maximum atomic E-state index is 13.3. The minimum absolute atomic E-state index is 0.0412. The zero-order valence-electron chi connectivity index (χ0n) is 7.68. The van der Waals surface area contributed by atoms with Gasteiger partial charge in [0, 0.05) is 0 Å². The summed E-state index contributed by atoms with van der Waals surface area (Å²) < 4.78 is 18.2. The summed E-state index contributed by atoms with van der Waals surface area (Å²) in [4.78, 5) is 0. The van der Waals surface area contributed by atoms with E-state index in [4.69, 9.17) is 16.3 Å². The van der Waals surface area contributed by atoms with Gasteiger partial charge in [-0.25, -0.2) is 4.39 Å². The Morgan fingerprint density at radius 3 is 2.64 bits per heavy atom. The Kier molecular flexibility index (Phi) is 2.16.